The topological polar surface area (TPSA) is 406 Å². The number of anilines is 3. The number of phenols is 2. The number of para-hydroxylation sites is 2. The van der Waals surface area contributed by atoms with Crippen molar-refractivity contribution in [2.75, 3.05) is 43.8 Å². The number of nitrogens with two attached hydrogens (primary N) is 3. The maximum atomic E-state index is 13.6. The lowest BCUT2D eigenvalue weighted by Crippen LogP contribution is -2.33. The number of ether oxygens (including phenoxy) is 7. The van der Waals surface area contributed by atoms with E-state index in [2.05, 4.69) is 70.8 Å². The van der Waals surface area contributed by atoms with E-state index in [-0.39, 0.29) is 74.8 Å². The van der Waals surface area contributed by atoms with Gasteiger partial charge in [-0.25, -0.2) is 4.98 Å². The number of allylic oxidation sites excluding steroid dienone is 3. The van der Waals surface area contributed by atoms with E-state index < -0.39 is 29.6 Å². The molecule has 8 heterocycles. The highest BCUT2D eigenvalue weighted by molar-refractivity contribution is 8.27. The van der Waals surface area contributed by atoms with Crippen LogP contribution in [-0.2, 0) is 43.4 Å². The number of furan rings is 1. The van der Waals surface area contributed by atoms with Gasteiger partial charge in [-0.1, -0.05) is 140 Å². The fourth-order valence-electron chi connectivity index (χ4n) is 14.0. The number of aromatic nitrogens is 2. The number of hydrazone groups is 1. The van der Waals surface area contributed by atoms with Crippen LogP contribution in [0.15, 0.2) is 255 Å². The number of aromatic hydroxyl groups is 2. The van der Waals surface area contributed by atoms with Gasteiger partial charge in [0.15, 0.2) is 74.0 Å². The van der Waals surface area contributed by atoms with Crippen molar-refractivity contribution in [2.24, 2.45) is 10.8 Å². The number of nitrogen functional groups attached to an aromatic ring is 2. The molecule has 10 N–H and O–H groups in total. The number of rotatable bonds is 21. The standard InChI is InChI=1S/C23H20N2O6S.C22H22O4S.C20H18O3S2.C15H10O4.C13H9NO2.C7H9N5S/c1-11-12(2)32-23(24-11)25-18(14-8-5-9-30-14)17(20(27)22(25)28)19(26)16-10-13-6-4-7-15(29-3)21(13)31-16;1-2-16-4-8-18(9-5-16)25-12-3-13-26-19-10-6-17(7-11-19)14-21-20(23)15-22(24)27-21;1-13-3-5-14(6-4-13)12-23-17-8-7-15(9-18(17)22-2)10-19-16(21)11-20(24)25-19;16-10-5-6-11-13(8-10)19-14(15(11)18)7-9-3-1-2-4-12(9)17;14-10-5-4-9-12(16)6-11(15)8-3-1-2-7(10)13(8)9;8-5-2-1-3-10-6(5)4-11-12-7(9)13/h4-9,16,18,27H,10H2,1-3H3;4-11,14H,2-3,12-13,15H2,1H3;3-10H,11-12H2,1-2H3;1-8,16-17H;1-5H,6,14H2;1-4H,8H2,(H3,9,12,13)/b;21-14+;19-10+;14-7+;;11-4+. The van der Waals surface area contributed by atoms with Crippen LogP contribution in [0.1, 0.15) is 131 Å². The summed E-state index contributed by atoms with van der Waals surface area (Å²) >= 11 is 13.3. The number of hydrogen-bond donors (Lipinski definition) is 7. The summed E-state index contributed by atoms with van der Waals surface area (Å²) < 4.78 is 45.7. The molecule has 5 aliphatic heterocycles. The minimum atomic E-state index is -0.941. The van der Waals surface area contributed by atoms with E-state index in [0.29, 0.717) is 127 Å². The van der Waals surface area contributed by atoms with E-state index in [4.69, 9.17) is 67.0 Å². The van der Waals surface area contributed by atoms with Crippen LogP contribution >= 0.6 is 59.3 Å². The first-order valence-corrected chi connectivity index (χ1v) is 44.4. The number of nitrogens with zero attached hydrogens (tertiary/aromatic N) is 4. The van der Waals surface area contributed by atoms with Crippen molar-refractivity contribution in [3.8, 4) is 51.7 Å². The third kappa shape index (κ3) is 23.6. The largest absolute Gasteiger partial charge is 0.508 e. The first kappa shape index (κ1) is 94.8. The van der Waals surface area contributed by atoms with Crippen LogP contribution in [0.25, 0.3) is 29.0 Å². The third-order valence-electron chi connectivity index (χ3n) is 20.8. The molecule has 0 spiro atoms. The molecule has 18 rings (SSSR count). The lowest BCUT2D eigenvalue weighted by atomic mass is 9.86. The number of fused-ring (bicyclic) bond motifs is 2. The Morgan fingerprint density at radius 2 is 1.33 bits per heavy atom. The molecule has 2 fully saturated rings. The summed E-state index contributed by atoms with van der Waals surface area (Å²) in [6.45, 7) is 9.56. The van der Waals surface area contributed by atoms with Gasteiger partial charge in [0.25, 0.3) is 5.91 Å². The Morgan fingerprint density at radius 3 is 1.98 bits per heavy atom. The second kappa shape index (κ2) is 44.0. The molecule has 672 valence electrons. The smallest absolute Gasteiger partial charge is 0.296 e. The van der Waals surface area contributed by atoms with Gasteiger partial charge in [-0.05, 0) is 189 Å². The first-order valence-electron chi connectivity index (χ1n) is 41.2. The van der Waals surface area contributed by atoms with Crippen molar-refractivity contribution in [1.29, 1.82) is 0 Å². The highest BCUT2D eigenvalue weighted by Crippen LogP contribution is 2.47. The zero-order valence-electron chi connectivity index (χ0n) is 72.0. The van der Waals surface area contributed by atoms with Crippen LogP contribution < -0.4 is 60.7 Å². The summed E-state index contributed by atoms with van der Waals surface area (Å²) in [6.07, 6.45) is 11.1. The number of amides is 1. The molecular formula is C100H88N8O19S5. The van der Waals surface area contributed by atoms with Gasteiger partial charge < -0.3 is 70.1 Å². The molecule has 2 unspecified atom stereocenters. The van der Waals surface area contributed by atoms with Gasteiger partial charge in [0.05, 0.1) is 95.7 Å². The Kier molecular flexibility index (Phi) is 31.6. The Morgan fingerprint density at radius 1 is 0.659 bits per heavy atom. The molecule has 3 aromatic heterocycles. The van der Waals surface area contributed by atoms with Gasteiger partial charge in [0.2, 0.25) is 16.7 Å². The number of phenolic OH excluding ortho intramolecular Hbond substituents is 2. The molecule has 2 atom stereocenters. The number of thioether (sulfide) groups is 2. The molecule has 32 heteroatoms. The number of ketones is 6. The molecule has 27 nitrogen and oxygen atoms in total. The Labute approximate surface area is 782 Å². The first-order chi connectivity index (χ1) is 63.6. The van der Waals surface area contributed by atoms with Gasteiger partial charge in [0.1, 0.15) is 52.9 Å². The zero-order valence-corrected chi connectivity index (χ0v) is 76.1. The summed E-state index contributed by atoms with van der Waals surface area (Å²) in [6, 6.07) is 60.6. The van der Waals surface area contributed by atoms with E-state index in [1.165, 1.54) is 89.1 Å². The Hall–Kier alpha value is -14.8. The number of thiazole rings is 1. The van der Waals surface area contributed by atoms with Crippen molar-refractivity contribution < 1.29 is 91.3 Å². The third-order valence-corrected chi connectivity index (χ3v) is 24.2. The molecule has 132 heavy (non-hydrogen) atoms. The van der Waals surface area contributed by atoms with Crippen LogP contribution in [0.4, 0.5) is 16.5 Å². The van der Waals surface area contributed by atoms with Crippen LogP contribution in [0, 0.1) is 20.8 Å². The number of aryl methyl sites for hydroxylation is 4. The molecule has 1 amide bonds. The molecule has 9 aromatic carbocycles. The molecule has 0 saturated carbocycles. The fourth-order valence-corrected chi connectivity index (χ4v) is 17.0. The van der Waals surface area contributed by atoms with E-state index in [1.54, 1.807) is 92.2 Å². The van der Waals surface area contributed by atoms with Crippen LogP contribution in [-0.4, -0.2) is 120 Å². The monoisotopic (exact) mass is 1860 g/mol. The molecule has 0 bridgehead atoms. The summed E-state index contributed by atoms with van der Waals surface area (Å²) in [5.41, 5.74) is 29.8. The van der Waals surface area contributed by atoms with E-state index in [0.717, 1.165) is 78.5 Å². The number of carbonyl (C=O) groups is 8. The predicted molar refractivity (Wildman–Crippen MR) is 518 cm³/mol. The average Bonchev–Trinajstić information content (AvgIpc) is 1.44. The van der Waals surface area contributed by atoms with Crippen molar-refractivity contribution in [1.82, 2.24) is 15.4 Å². The molecule has 0 radical (unpaired) electrons. The van der Waals surface area contributed by atoms with Gasteiger partial charge in [0, 0.05) is 68.7 Å². The molecular weight excluding hydrogens is 1780 g/mol. The maximum Gasteiger partial charge on any atom is 0.296 e. The summed E-state index contributed by atoms with van der Waals surface area (Å²) in [5.74, 6) is 2.57. The van der Waals surface area contributed by atoms with E-state index in [1.807, 2.05) is 105 Å². The highest BCUT2D eigenvalue weighted by atomic mass is 32.2. The second-order valence-corrected chi connectivity index (χ2v) is 34.5. The van der Waals surface area contributed by atoms with Gasteiger partial charge in [-0.3, -0.25) is 53.7 Å². The molecule has 12 aromatic rings. The number of thiocarbonyl (C=S) groups is 2. The number of benzene rings is 9. The quantitative estimate of drug-likeness (QED) is 0.00668. The van der Waals surface area contributed by atoms with Crippen LogP contribution in [0.3, 0.4) is 0 Å². The number of pyridine rings is 1. The predicted octanol–water partition coefficient (Wildman–Crippen LogP) is 18.2. The lowest BCUT2D eigenvalue weighted by molar-refractivity contribution is -0.122. The molecule has 6 aliphatic rings. The van der Waals surface area contributed by atoms with E-state index in [9.17, 15) is 53.7 Å². The number of aliphatic hydroxyl groups excluding tert-OH is 1. The highest BCUT2D eigenvalue weighted by Gasteiger charge is 2.50. The van der Waals surface area contributed by atoms with E-state index >= 15 is 0 Å². The summed E-state index contributed by atoms with van der Waals surface area (Å²) in [7, 11) is 3.14. The van der Waals surface area contributed by atoms with Crippen molar-refractivity contribution in [3.05, 3.63) is 323 Å². The van der Waals surface area contributed by atoms with Gasteiger partial charge in [-0.2, -0.15) is 5.10 Å². The number of Topliss-reactive ketones (excluding diaryl/α,β-unsaturated/α-hetero) is 6. The average molecular weight is 1870 g/mol. The molecule has 2 saturated heterocycles. The molecule has 1 aliphatic carbocycles. The number of aliphatic hydroxyl groups is 1. The minimum Gasteiger partial charge on any atom is -0.508 e. The van der Waals surface area contributed by atoms with Gasteiger partial charge >= 0.3 is 0 Å². The Balaban J connectivity index is 0.000000138. The summed E-state index contributed by atoms with van der Waals surface area (Å²) in [4.78, 5) is 109. The van der Waals surface area contributed by atoms with Crippen LogP contribution in [0.5, 0.6) is 51.7 Å². The number of hydrogen-bond acceptors (Lipinski definition) is 29. The van der Waals surface area contributed by atoms with Gasteiger partial charge in [-0.15, -0.1) is 11.3 Å². The van der Waals surface area contributed by atoms with Crippen molar-refractivity contribution >= 4 is 166 Å². The minimum absolute atomic E-state index is 0.00249. The number of nitrogens with one attached hydrogen (secondary N) is 1. The van der Waals surface area contributed by atoms with Crippen molar-refractivity contribution in [2.45, 2.75) is 85.0 Å². The normalized spacial score (nSPS) is 15.9. The second-order valence-electron chi connectivity index (χ2n) is 29.9. The number of carbonyl (C=O) groups excluding carboxylic acids is 8. The number of methoxy groups -OCH3 is 2. The summed E-state index contributed by atoms with van der Waals surface area (Å²) in [5, 5.41) is 35.4. The fraction of sp³-hybridized carbons (Fsp3) is 0.170. The van der Waals surface area contributed by atoms with Crippen LogP contribution in [0.2, 0.25) is 0 Å². The zero-order chi connectivity index (χ0) is 93.8. The lowest BCUT2D eigenvalue weighted by Gasteiger charge is -2.23. The van der Waals surface area contributed by atoms with Crippen molar-refractivity contribution in [3.63, 3.8) is 0 Å². The SMILES string of the molecule is CCc1ccc(OCCCOc2ccc(/C=C3/SC(=O)CC3=O)cc2)cc1.COc1cc(/C=C2/SC(=S)CC2=O)ccc1OCc1ccc(C)cc1.COc1cccc2c1OC(C(=O)C1=C(O)C(=O)N(c3nc(C)c(C)s3)C1c1ccco1)C2.NC(=S)N/N=C/c1ncccc1N.Nc1ccc2c3c(cccc13)C(=O)CC2=O.O=C1/C(=C\c2ccccc2O)Oc2cc(O)ccc21. The maximum absolute atomic E-state index is 13.6. The Bertz CT molecular complexity index is 6570.